The van der Waals surface area contributed by atoms with Gasteiger partial charge in [0.25, 0.3) is 11.8 Å². The van der Waals surface area contributed by atoms with Crippen LogP contribution in [0.5, 0.6) is 5.75 Å². The van der Waals surface area contributed by atoms with E-state index in [1.807, 2.05) is 24.3 Å². The van der Waals surface area contributed by atoms with Gasteiger partial charge in [-0.25, -0.2) is 0 Å². The fourth-order valence-electron chi connectivity index (χ4n) is 1.95. The molecule has 0 aliphatic rings. The maximum Gasteiger partial charge on any atom is 0.279 e. The summed E-state index contributed by atoms with van der Waals surface area (Å²) in [5, 5.41) is 0.534. The van der Waals surface area contributed by atoms with Crippen LogP contribution in [0.25, 0.3) is 0 Å². The summed E-state index contributed by atoms with van der Waals surface area (Å²) >= 11 is 5.76. The van der Waals surface area contributed by atoms with Crippen molar-refractivity contribution < 1.29 is 14.3 Å². The summed E-state index contributed by atoms with van der Waals surface area (Å²) in [5.41, 5.74) is 6.26. The summed E-state index contributed by atoms with van der Waals surface area (Å²) in [6, 6.07) is 13.9. The highest BCUT2D eigenvalue weighted by Gasteiger charge is 2.15. The average molecular weight is 347 g/mol. The first-order valence-corrected chi connectivity index (χ1v) is 7.98. The van der Waals surface area contributed by atoms with E-state index in [0.29, 0.717) is 16.3 Å². The zero-order valence-corrected chi connectivity index (χ0v) is 14.3. The lowest BCUT2D eigenvalue weighted by atomic mass is 10.2. The highest BCUT2D eigenvalue weighted by molar-refractivity contribution is 6.30. The number of carbonyl (C=O) groups excluding carboxylic acids is 2. The SMILES string of the molecule is CCc1ccc(O[C@H](C)C(=O)NNC(=O)c2ccc(Cl)cc2)cc1. The van der Waals surface area contributed by atoms with Gasteiger partial charge < -0.3 is 4.74 Å². The molecule has 0 spiro atoms. The van der Waals surface area contributed by atoms with Gasteiger partial charge in [-0.05, 0) is 55.3 Å². The van der Waals surface area contributed by atoms with Gasteiger partial charge in [-0.3, -0.25) is 20.4 Å². The number of nitrogens with one attached hydrogen (secondary N) is 2. The van der Waals surface area contributed by atoms with Crippen LogP contribution in [0.1, 0.15) is 29.8 Å². The summed E-state index contributed by atoms with van der Waals surface area (Å²) in [5.74, 6) is -0.282. The number of hydrogen-bond acceptors (Lipinski definition) is 3. The van der Waals surface area contributed by atoms with Gasteiger partial charge in [0, 0.05) is 10.6 Å². The van der Waals surface area contributed by atoms with Crippen molar-refractivity contribution in [2.75, 3.05) is 0 Å². The number of amides is 2. The van der Waals surface area contributed by atoms with E-state index in [1.165, 1.54) is 5.56 Å². The maximum atomic E-state index is 12.0. The summed E-state index contributed by atoms with van der Waals surface area (Å²) in [4.78, 5) is 23.9. The van der Waals surface area contributed by atoms with E-state index in [9.17, 15) is 9.59 Å². The van der Waals surface area contributed by atoms with Gasteiger partial charge in [-0.15, -0.1) is 0 Å². The average Bonchev–Trinajstić information content (AvgIpc) is 2.60. The number of ether oxygens (including phenoxy) is 1. The van der Waals surface area contributed by atoms with Crippen molar-refractivity contribution in [3.8, 4) is 5.75 Å². The zero-order chi connectivity index (χ0) is 17.5. The van der Waals surface area contributed by atoms with Crippen molar-refractivity contribution in [3.63, 3.8) is 0 Å². The Labute approximate surface area is 145 Å². The number of rotatable bonds is 5. The zero-order valence-electron chi connectivity index (χ0n) is 13.5. The fraction of sp³-hybridized carbons (Fsp3) is 0.222. The smallest absolute Gasteiger partial charge is 0.279 e. The van der Waals surface area contributed by atoms with Crippen LogP contribution in [-0.2, 0) is 11.2 Å². The molecule has 0 saturated carbocycles. The monoisotopic (exact) mass is 346 g/mol. The minimum atomic E-state index is -0.747. The van der Waals surface area contributed by atoms with Crippen LogP contribution in [0, 0.1) is 0 Å². The molecule has 2 rings (SSSR count). The Morgan fingerprint density at radius 2 is 1.67 bits per heavy atom. The Balaban J connectivity index is 1.84. The third-order valence-electron chi connectivity index (χ3n) is 3.42. The molecule has 0 aliphatic carbocycles. The first-order chi connectivity index (χ1) is 11.5. The van der Waals surface area contributed by atoms with Crippen LogP contribution in [0.15, 0.2) is 48.5 Å². The number of benzene rings is 2. The molecule has 2 aromatic rings. The topological polar surface area (TPSA) is 67.4 Å². The van der Waals surface area contributed by atoms with E-state index in [-0.39, 0.29) is 0 Å². The minimum Gasteiger partial charge on any atom is -0.481 e. The maximum absolute atomic E-state index is 12.0. The Morgan fingerprint density at radius 3 is 2.25 bits per heavy atom. The molecule has 0 saturated heterocycles. The second-order valence-electron chi connectivity index (χ2n) is 5.21. The van der Waals surface area contributed by atoms with Crippen molar-refractivity contribution >= 4 is 23.4 Å². The van der Waals surface area contributed by atoms with Crippen LogP contribution in [0.2, 0.25) is 5.02 Å². The highest BCUT2D eigenvalue weighted by Crippen LogP contribution is 2.14. The van der Waals surface area contributed by atoms with E-state index in [4.69, 9.17) is 16.3 Å². The minimum absolute atomic E-state index is 0.392. The summed E-state index contributed by atoms with van der Waals surface area (Å²) in [7, 11) is 0. The van der Waals surface area contributed by atoms with Crippen LogP contribution < -0.4 is 15.6 Å². The largest absolute Gasteiger partial charge is 0.481 e. The molecule has 0 fully saturated rings. The molecule has 126 valence electrons. The van der Waals surface area contributed by atoms with Crippen LogP contribution in [0.3, 0.4) is 0 Å². The molecule has 0 heterocycles. The van der Waals surface area contributed by atoms with Crippen LogP contribution >= 0.6 is 11.6 Å². The molecular formula is C18H19ClN2O3. The van der Waals surface area contributed by atoms with Crippen molar-refractivity contribution in [3.05, 3.63) is 64.7 Å². The number of halogens is 1. The molecule has 1 atom stereocenters. The van der Waals surface area contributed by atoms with E-state index >= 15 is 0 Å². The van der Waals surface area contributed by atoms with Gasteiger partial charge in [0.15, 0.2) is 6.10 Å². The predicted octanol–water partition coefficient (Wildman–Crippen LogP) is 3.13. The normalized spacial score (nSPS) is 11.5. The first-order valence-electron chi connectivity index (χ1n) is 7.61. The molecule has 6 heteroatoms. The Kier molecular flexibility index (Phi) is 6.21. The van der Waals surface area contributed by atoms with Gasteiger partial charge in [-0.1, -0.05) is 30.7 Å². The fourth-order valence-corrected chi connectivity index (χ4v) is 2.08. The van der Waals surface area contributed by atoms with Gasteiger partial charge in [0.2, 0.25) is 0 Å². The Bertz CT molecular complexity index is 699. The molecule has 0 aliphatic heterocycles. The van der Waals surface area contributed by atoms with E-state index in [1.54, 1.807) is 31.2 Å². The van der Waals surface area contributed by atoms with Crippen LogP contribution in [0.4, 0.5) is 0 Å². The quantitative estimate of drug-likeness (QED) is 0.817. The van der Waals surface area contributed by atoms with Crippen molar-refractivity contribution in [2.24, 2.45) is 0 Å². The third-order valence-corrected chi connectivity index (χ3v) is 3.67. The number of aryl methyl sites for hydroxylation is 1. The van der Waals surface area contributed by atoms with Crippen molar-refractivity contribution in [2.45, 2.75) is 26.4 Å². The highest BCUT2D eigenvalue weighted by atomic mass is 35.5. The number of hydrazine groups is 1. The summed E-state index contributed by atoms with van der Waals surface area (Å²) < 4.78 is 5.55. The van der Waals surface area contributed by atoms with Gasteiger partial charge in [0.1, 0.15) is 5.75 Å². The molecule has 5 nitrogen and oxygen atoms in total. The second kappa shape index (κ2) is 8.36. The molecule has 0 radical (unpaired) electrons. The summed E-state index contributed by atoms with van der Waals surface area (Å²) in [6.07, 6.45) is 0.190. The molecule has 2 amide bonds. The van der Waals surface area contributed by atoms with Crippen molar-refractivity contribution in [1.29, 1.82) is 0 Å². The van der Waals surface area contributed by atoms with E-state index in [2.05, 4.69) is 17.8 Å². The lowest BCUT2D eigenvalue weighted by molar-refractivity contribution is -0.128. The molecule has 24 heavy (non-hydrogen) atoms. The van der Waals surface area contributed by atoms with E-state index < -0.39 is 17.9 Å². The molecule has 0 bridgehead atoms. The summed E-state index contributed by atoms with van der Waals surface area (Å²) in [6.45, 7) is 3.67. The molecular weight excluding hydrogens is 328 g/mol. The standard InChI is InChI=1S/C18H19ClN2O3/c1-3-13-4-10-16(11-5-13)24-12(2)17(22)20-21-18(23)14-6-8-15(19)9-7-14/h4-12H,3H2,1-2H3,(H,20,22)(H,21,23)/t12-/m1/s1. The predicted molar refractivity (Wildman–Crippen MR) is 93.0 cm³/mol. The Hall–Kier alpha value is -2.53. The van der Waals surface area contributed by atoms with Gasteiger partial charge in [-0.2, -0.15) is 0 Å². The van der Waals surface area contributed by atoms with E-state index in [0.717, 1.165) is 6.42 Å². The molecule has 0 unspecified atom stereocenters. The third kappa shape index (κ3) is 4.99. The second-order valence-corrected chi connectivity index (χ2v) is 5.64. The lowest BCUT2D eigenvalue weighted by Gasteiger charge is -2.15. The van der Waals surface area contributed by atoms with Gasteiger partial charge in [0.05, 0.1) is 0 Å². The lowest BCUT2D eigenvalue weighted by Crippen LogP contribution is -2.47. The van der Waals surface area contributed by atoms with Crippen molar-refractivity contribution in [1.82, 2.24) is 10.9 Å². The van der Waals surface area contributed by atoms with Gasteiger partial charge >= 0.3 is 0 Å². The van der Waals surface area contributed by atoms with Crippen LogP contribution in [-0.4, -0.2) is 17.9 Å². The number of hydrogen-bond donors (Lipinski definition) is 2. The molecule has 2 aromatic carbocycles. The first kappa shape index (κ1) is 17.8. The molecule has 2 N–H and O–H groups in total. The number of carbonyl (C=O) groups is 2. The Morgan fingerprint density at radius 1 is 1.04 bits per heavy atom. The molecule has 0 aromatic heterocycles.